The summed E-state index contributed by atoms with van der Waals surface area (Å²) in [6.45, 7) is 18.6. The Morgan fingerprint density at radius 2 is 1.60 bits per heavy atom. The Hall–Kier alpha value is -2.16. The Kier molecular flexibility index (Phi) is 6.24. The molecule has 1 N–H and O–H groups in total. The van der Waals surface area contributed by atoms with Crippen LogP contribution in [0.3, 0.4) is 0 Å². The average Bonchev–Trinajstić information content (AvgIpc) is 3.30. The third-order valence-corrected chi connectivity index (χ3v) is 14.2. The lowest BCUT2D eigenvalue weighted by Crippen LogP contribution is -2.67. The minimum absolute atomic E-state index is 0.0454. The first-order chi connectivity index (χ1) is 18.7. The van der Waals surface area contributed by atoms with E-state index in [0.717, 1.165) is 68.9 Å². The minimum atomic E-state index is -0.580. The number of ketones is 1. The zero-order chi connectivity index (χ0) is 28.9. The molecule has 40 heavy (non-hydrogen) atoms. The van der Waals surface area contributed by atoms with Gasteiger partial charge in [-0.25, -0.2) is 0 Å². The molecule has 5 aliphatic rings. The first kappa shape index (κ1) is 28.0. The lowest BCUT2D eigenvalue weighted by Gasteiger charge is -2.72. The molecule has 0 bridgehead atoms. The van der Waals surface area contributed by atoms with Crippen molar-refractivity contribution in [1.82, 2.24) is 0 Å². The first-order valence-corrected chi connectivity index (χ1v) is 15.9. The van der Waals surface area contributed by atoms with Gasteiger partial charge in [0.15, 0.2) is 5.78 Å². The highest BCUT2D eigenvalue weighted by atomic mass is 16.4. The summed E-state index contributed by atoms with van der Waals surface area (Å²) < 4.78 is 0. The number of allylic oxidation sites excluding steroid dienone is 2. The van der Waals surface area contributed by atoms with Crippen LogP contribution < -0.4 is 0 Å². The molecule has 0 heterocycles. The second-order valence-electron chi connectivity index (χ2n) is 16.0. The summed E-state index contributed by atoms with van der Waals surface area (Å²) in [5.41, 5.74) is 2.60. The van der Waals surface area contributed by atoms with Crippen molar-refractivity contribution in [2.75, 3.05) is 0 Å². The van der Waals surface area contributed by atoms with Crippen LogP contribution in [0.25, 0.3) is 6.08 Å². The van der Waals surface area contributed by atoms with Crippen LogP contribution in [0.4, 0.5) is 0 Å². The van der Waals surface area contributed by atoms with Crippen LogP contribution >= 0.6 is 0 Å². The van der Waals surface area contributed by atoms with Crippen LogP contribution in [0.15, 0.2) is 48.1 Å². The summed E-state index contributed by atoms with van der Waals surface area (Å²) in [5, 5.41) is 10.6. The van der Waals surface area contributed by atoms with Crippen LogP contribution in [0.5, 0.6) is 0 Å². The molecular weight excluding hydrogens is 492 g/mol. The Bertz CT molecular complexity index is 1270. The number of hydrogen-bond donors (Lipinski definition) is 1. The van der Waals surface area contributed by atoms with E-state index in [4.69, 9.17) is 0 Å². The molecule has 9 atom stereocenters. The van der Waals surface area contributed by atoms with Crippen molar-refractivity contribution in [1.29, 1.82) is 0 Å². The van der Waals surface area contributed by atoms with Gasteiger partial charge in [-0.15, -0.1) is 0 Å². The van der Waals surface area contributed by atoms with Crippen LogP contribution in [0.2, 0.25) is 0 Å². The molecule has 3 heteroatoms. The van der Waals surface area contributed by atoms with Gasteiger partial charge in [0.1, 0.15) is 0 Å². The highest BCUT2D eigenvalue weighted by Crippen LogP contribution is 2.77. The van der Waals surface area contributed by atoms with E-state index in [1.54, 1.807) is 0 Å². The van der Waals surface area contributed by atoms with E-state index < -0.39 is 11.4 Å². The van der Waals surface area contributed by atoms with Crippen LogP contribution in [-0.2, 0) is 9.59 Å². The first-order valence-electron chi connectivity index (χ1n) is 15.9. The van der Waals surface area contributed by atoms with Crippen LogP contribution in [0, 0.1) is 56.7 Å². The standard InChI is InChI=1S/C37H50O3/c1-23(2)26-15-18-37(32(39)40)20-19-35(6)27(30(26)37)13-14-29-34(5)22-25(21-24-11-9-8-10-12-24)31(38)33(3,4)28(34)16-17-36(29,35)7/h8-12,21,26-30H,1,13-20,22H2,2-7H3,(H,39,40)/t26-,27+,28-,29+,30-,34+,35-,36-,37-/m1/s1. The Morgan fingerprint density at radius 3 is 2.25 bits per heavy atom. The minimum Gasteiger partial charge on any atom is -0.481 e. The third-order valence-electron chi connectivity index (χ3n) is 14.2. The Morgan fingerprint density at radius 1 is 0.900 bits per heavy atom. The van der Waals surface area contributed by atoms with Crippen molar-refractivity contribution in [2.45, 2.75) is 99.3 Å². The predicted octanol–water partition coefficient (Wildman–Crippen LogP) is 8.99. The number of carbonyl (C=O) groups is 2. The zero-order valence-corrected chi connectivity index (χ0v) is 25.7. The lowest BCUT2D eigenvalue weighted by molar-refractivity contribution is -0.231. The summed E-state index contributed by atoms with van der Waals surface area (Å²) >= 11 is 0. The number of hydrogen-bond acceptors (Lipinski definition) is 2. The van der Waals surface area contributed by atoms with Gasteiger partial charge in [0.2, 0.25) is 0 Å². The number of carbonyl (C=O) groups excluding carboxylic acids is 1. The second kappa shape index (κ2) is 8.92. The Labute approximate surface area is 241 Å². The topological polar surface area (TPSA) is 54.4 Å². The maximum atomic E-state index is 14.0. The van der Waals surface area contributed by atoms with Gasteiger partial charge in [0.05, 0.1) is 5.41 Å². The molecule has 0 aliphatic heterocycles. The van der Waals surface area contributed by atoms with Crippen LogP contribution in [-0.4, -0.2) is 16.9 Å². The molecule has 0 amide bonds. The molecule has 0 aromatic heterocycles. The summed E-state index contributed by atoms with van der Waals surface area (Å²) in [6.07, 6.45) is 11.1. The molecule has 0 radical (unpaired) electrons. The van der Waals surface area contributed by atoms with Crippen molar-refractivity contribution in [3.8, 4) is 0 Å². The van der Waals surface area contributed by atoms with Crippen molar-refractivity contribution in [3.63, 3.8) is 0 Å². The van der Waals surface area contributed by atoms with Gasteiger partial charge in [-0.1, -0.05) is 77.1 Å². The third kappa shape index (κ3) is 3.48. The fourth-order valence-electron chi connectivity index (χ4n) is 12.2. The molecule has 5 fully saturated rings. The lowest BCUT2D eigenvalue weighted by atomic mass is 9.32. The van der Waals surface area contributed by atoms with E-state index in [1.165, 1.54) is 5.57 Å². The van der Waals surface area contributed by atoms with Crippen molar-refractivity contribution < 1.29 is 14.7 Å². The molecule has 5 aliphatic carbocycles. The normalized spacial score (nSPS) is 46.6. The number of benzene rings is 1. The second-order valence-corrected chi connectivity index (χ2v) is 16.0. The molecule has 1 aromatic carbocycles. The molecule has 1 aromatic rings. The van der Waals surface area contributed by atoms with Crippen molar-refractivity contribution in [2.24, 2.45) is 56.7 Å². The number of fused-ring (bicyclic) bond motifs is 7. The van der Waals surface area contributed by atoms with Crippen molar-refractivity contribution >= 4 is 17.8 Å². The maximum absolute atomic E-state index is 14.0. The van der Waals surface area contributed by atoms with Gasteiger partial charge >= 0.3 is 5.97 Å². The molecular formula is C37H50O3. The van der Waals surface area contributed by atoms with E-state index in [1.807, 2.05) is 6.07 Å². The zero-order valence-electron chi connectivity index (χ0n) is 25.7. The number of carboxylic acid groups (broad SMARTS) is 1. The fourth-order valence-corrected chi connectivity index (χ4v) is 12.2. The van der Waals surface area contributed by atoms with E-state index in [-0.39, 0.29) is 27.6 Å². The van der Waals surface area contributed by atoms with Crippen LogP contribution in [0.1, 0.15) is 105 Å². The summed E-state index contributed by atoms with van der Waals surface area (Å²) in [5.74, 6) is 1.60. The maximum Gasteiger partial charge on any atom is 0.309 e. The molecule has 6 rings (SSSR count). The molecule has 5 saturated carbocycles. The summed E-state index contributed by atoms with van der Waals surface area (Å²) in [4.78, 5) is 26.9. The quantitative estimate of drug-likeness (QED) is 0.306. The predicted molar refractivity (Wildman–Crippen MR) is 161 cm³/mol. The van der Waals surface area contributed by atoms with Gasteiger partial charge in [-0.05, 0) is 128 Å². The average molecular weight is 543 g/mol. The summed E-state index contributed by atoms with van der Waals surface area (Å²) in [6, 6.07) is 10.3. The van der Waals surface area contributed by atoms with Crippen molar-refractivity contribution in [3.05, 3.63) is 53.6 Å². The molecule has 216 valence electrons. The van der Waals surface area contributed by atoms with Gasteiger partial charge < -0.3 is 5.11 Å². The largest absolute Gasteiger partial charge is 0.481 e. The van der Waals surface area contributed by atoms with Gasteiger partial charge in [0.25, 0.3) is 0 Å². The van der Waals surface area contributed by atoms with E-state index >= 15 is 0 Å². The highest BCUT2D eigenvalue weighted by Gasteiger charge is 2.72. The van der Waals surface area contributed by atoms with E-state index in [0.29, 0.717) is 29.5 Å². The number of aliphatic carboxylic acids is 1. The molecule has 0 unspecified atom stereocenters. The van der Waals surface area contributed by atoms with Gasteiger partial charge in [0, 0.05) is 5.41 Å². The number of rotatable bonds is 3. The van der Waals surface area contributed by atoms with E-state index in [2.05, 4.69) is 78.5 Å². The molecule has 3 nitrogen and oxygen atoms in total. The van der Waals surface area contributed by atoms with E-state index in [9.17, 15) is 14.7 Å². The number of carboxylic acids is 1. The van der Waals surface area contributed by atoms with Gasteiger partial charge in [-0.3, -0.25) is 9.59 Å². The monoisotopic (exact) mass is 542 g/mol. The SMILES string of the molecule is C=C(C)[C@H]1CC[C@@]2(C(=O)O)CC[C@]3(C)[C@@H](CC[C@H]4[C@@]5(C)CC(=Cc6ccccc6)C(=O)C(C)(C)[C@H]5CC[C@]43C)[C@@H]12. The molecule has 0 saturated heterocycles. The Balaban J connectivity index is 1.42. The van der Waals surface area contributed by atoms with Gasteiger partial charge in [-0.2, -0.15) is 0 Å². The number of Topliss-reactive ketones (excluding diaryl/α,β-unsaturated/α-hetero) is 1. The summed E-state index contributed by atoms with van der Waals surface area (Å²) in [7, 11) is 0. The smallest absolute Gasteiger partial charge is 0.309 e. The molecule has 0 spiro atoms. The highest BCUT2D eigenvalue weighted by molar-refractivity contribution is 6.04. The fraction of sp³-hybridized carbons (Fsp3) is 0.676.